The molecule has 4 aromatic carbocycles. The Kier molecular flexibility index (Phi) is 13.0. The van der Waals surface area contributed by atoms with E-state index in [-0.39, 0.29) is 0 Å². The van der Waals surface area contributed by atoms with E-state index in [2.05, 4.69) is 147 Å². The first-order valence-electron chi connectivity index (χ1n) is 15.7. The summed E-state index contributed by atoms with van der Waals surface area (Å²) in [5, 5.41) is 0. The van der Waals surface area contributed by atoms with Crippen LogP contribution in [0.25, 0.3) is 36.5 Å². The van der Waals surface area contributed by atoms with Gasteiger partial charge in [0, 0.05) is 0 Å². The maximum absolute atomic E-state index is 5.94. The van der Waals surface area contributed by atoms with E-state index in [0.29, 0.717) is 0 Å². The van der Waals surface area contributed by atoms with Crippen molar-refractivity contribution >= 4 is 36.5 Å². The minimum Gasteiger partial charge on any atom is -0.494 e. The van der Waals surface area contributed by atoms with Crippen molar-refractivity contribution in [2.45, 2.75) is 65.2 Å². The number of ether oxygens (including phenoxy) is 1. The molecule has 0 unspecified atom stereocenters. The summed E-state index contributed by atoms with van der Waals surface area (Å²) in [7, 11) is 0. The lowest BCUT2D eigenvalue weighted by Gasteiger charge is -2.06. The quantitative estimate of drug-likeness (QED) is 0.0988. The molecular formula is C41H46O. The first-order chi connectivity index (χ1) is 20.7. The fourth-order valence-electron chi connectivity index (χ4n) is 4.79. The molecule has 1 nitrogen and oxygen atoms in total. The molecule has 4 rings (SSSR count). The van der Waals surface area contributed by atoms with Gasteiger partial charge in [-0.2, -0.15) is 0 Å². The summed E-state index contributed by atoms with van der Waals surface area (Å²) in [5.74, 6) is 0.958. The largest absolute Gasteiger partial charge is 0.494 e. The second kappa shape index (κ2) is 17.7. The van der Waals surface area contributed by atoms with E-state index in [4.69, 9.17) is 4.74 Å². The topological polar surface area (TPSA) is 9.23 Å². The second-order valence-electron chi connectivity index (χ2n) is 11.1. The van der Waals surface area contributed by atoms with Crippen LogP contribution in [0.2, 0.25) is 0 Å². The van der Waals surface area contributed by atoms with Crippen LogP contribution in [0.3, 0.4) is 0 Å². The van der Waals surface area contributed by atoms with Gasteiger partial charge in [0.1, 0.15) is 5.75 Å². The van der Waals surface area contributed by atoms with Gasteiger partial charge >= 0.3 is 0 Å². The minimum absolute atomic E-state index is 0.808. The van der Waals surface area contributed by atoms with Gasteiger partial charge in [0.25, 0.3) is 0 Å². The average molecular weight is 555 g/mol. The molecule has 0 aliphatic heterocycles. The number of aryl methyl sites for hydroxylation is 1. The van der Waals surface area contributed by atoms with Crippen LogP contribution in [0.4, 0.5) is 0 Å². The van der Waals surface area contributed by atoms with E-state index < -0.39 is 0 Å². The van der Waals surface area contributed by atoms with Gasteiger partial charge in [0.05, 0.1) is 6.61 Å². The Morgan fingerprint density at radius 1 is 0.405 bits per heavy atom. The molecule has 0 aliphatic carbocycles. The average Bonchev–Trinajstić information content (AvgIpc) is 3.03. The molecule has 0 amide bonds. The highest BCUT2D eigenvalue weighted by molar-refractivity contribution is 5.74. The predicted octanol–water partition coefficient (Wildman–Crippen LogP) is 12.0. The van der Waals surface area contributed by atoms with E-state index in [1.165, 1.54) is 83.9 Å². The van der Waals surface area contributed by atoms with Crippen LogP contribution in [-0.4, -0.2) is 6.61 Å². The monoisotopic (exact) mass is 554 g/mol. The van der Waals surface area contributed by atoms with E-state index >= 15 is 0 Å². The molecule has 0 heterocycles. The fraction of sp³-hybridized carbons (Fsp3) is 0.268. The van der Waals surface area contributed by atoms with Gasteiger partial charge in [-0.25, -0.2) is 0 Å². The Balaban J connectivity index is 1.18. The molecule has 0 fully saturated rings. The van der Waals surface area contributed by atoms with E-state index in [1.807, 2.05) is 0 Å². The zero-order valence-corrected chi connectivity index (χ0v) is 25.5. The third-order valence-corrected chi connectivity index (χ3v) is 7.50. The van der Waals surface area contributed by atoms with Gasteiger partial charge in [0.15, 0.2) is 0 Å². The highest BCUT2D eigenvalue weighted by atomic mass is 16.5. The molecule has 0 spiro atoms. The molecule has 0 bridgehead atoms. The van der Waals surface area contributed by atoms with Gasteiger partial charge < -0.3 is 4.74 Å². The third kappa shape index (κ3) is 11.4. The first kappa shape index (κ1) is 30.8. The summed E-state index contributed by atoms with van der Waals surface area (Å²) < 4.78 is 5.94. The van der Waals surface area contributed by atoms with Crippen molar-refractivity contribution in [2.75, 3.05) is 6.61 Å². The summed E-state index contributed by atoms with van der Waals surface area (Å²) in [4.78, 5) is 0. The summed E-state index contributed by atoms with van der Waals surface area (Å²) >= 11 is 0. The molecule has 0 N–H and O–H groups in total. The summed E-state index contributed by atoms with van der Waals surface area (Å²) in [6, 6.07) is 34.3. The SMILES string of the molecule is CCCCCCCCCCOc1ccc(C=Cc2ccc(C=Cc3ccc(C=Cc4ccc(C)cc4)cc3)cc2)cc1. The highest BCUT2D eigenvalue weighted by Gasteiger charge is 1.97. The molecule has 0 saturated carbocycles. The first-order valence-corrected chi connectivity index (χ1v) is 15.7. The Morgan fingerprint density at radius 2 is 0.714 bits per heavy atom. The maximum Gasteiger partial charge on any atom is 0.119 e. The molecular weight excluding hydrogens is 508 g/mol. The lowest BCUT2D eigenvalue weighted by Crippen LogP contribution is -1.97. The number of rotatable bonds is 16. The molecule has 0 saturated heterocycles. The third-order valence-electron chi connectivity index (χ3n) is 7.50. The van der Waals surface area contributed by atoms with Crippen molar-refractivity contribution in [2.24, 2.45) is 0 Å². The molecule has 0 aliphatic rings. The molecule has 42 heavy (non-hydrogen) atoms. The van der Waals surface area contributed by atoms with Crippen molar-refractivity contribution in [3.63, 3.8) is 0 Å². The minimum atomic E-state index is 0.808. The zero-order chi connectivity index (χ0) is 29.2. The molecule has 0 aromatic heterocycles. The molecule has 0 atom stereocenters. The van der Waals surface area contributed by atoms with Crippen LogP contribution in [0.15, 0.2) is 97.1 Å². The second-order valence-corrected chi connectivity index (χ2v) is 11.1. The highest BCUT2D eigenvalue weighted by Crippen LogP contribution is 2.17. The van der Waals surface area contributed by atoms with E-state index in [0.717, 1.165) is 18.8 Å². The van der Waals surface area contributed by atoms with E-state index in [9.17, 15) is 0 Å². The van der Waals surface area contributed by atoms with Gasteiger partial charge in [-0.3, -0.25) is 0 Å². The molecule has 216 valence electrons. The Bertz CT molecular complexity index is 1390. The number of unbranched alkanes of at least 4 members (excludes halogenated alkanes) is 7. The lowest BCUT2D eigenvalue weighted by molar-refractivity contribution is 0.304. The van der Waals surface area contributed by atoms with Gasteiger partial charge in [-0.05, 0) is 58.9 Å². The van der Waals surface area contributed by atoms with Crippen LogP contribution in [0, 0.1) is 6.92 Å². The van der Waals surface area contributed by atoms with Crippen molar-refractivity contribution in [1.82, 2.24) is 0 Å². The van der Waals surface area contributed by atoms with Crippen LogP contribution in [-0.2, 0) is 0 Å². The summed E-state index contributed by atoms with van der Waals surface area (Å²) in [6.45, 7) is 5.19. The summed E-state index contributed by atoms with van der Waals surface area (Å²) in [5.41, 5.74) is 8.44. The van der Waals surface area contributed by atoms with Crippen LogP contribution >= 0.6 is 0 Å². The Hall–Kier alpha value is -4.10. The lowest BCUT2D eigenvalue weighted by atomic mass is 10.1. The number of hydrogen-bond acceptors (Lipinski definition) is 1. The number of hydrogen-bond donors (Lipinski definition) is 0. The van der Waals surface area contributed by atoms with Crippen molar-refractivity contribution in [3.8, 4) is 5.75 Å². The number of benzene rings is 4. The fourth-order valence-corrected chi connectivity index (χ4v) is 4.79. The Labute approximate surface area is 254 Å². The molecule has 4 aromatic rings. The summed E-state index contributed by atoms with van der Waals surface area (Å²) in [6.07, 6.45) is 23.5. The van der Waals surface area contributed by atoms with Gasteiger partial charge in [-0.15, -0.1) is 0 Å². The molecule has 0 radical (unpaired) electrons. The molecule has 1 heteroatoms. The van der Waals surface area contributed by atoms with Crippen molar-refractivity contribution in [1.29, 1.82) is 0 Å². The smallest absolute Gasteiger partial charge is 0.119 e. The normalized spacial score (nSPS) is 11.7. The van der Waals surface area contributed by atoms with Crippen LogP contribution in [0.1, 0.15) is 97.2 Å². The van der Waals surface area contributed by atoms with Crippen molar-refractivity contribution < 1.29 is 4.74 Å². The standard InChI is InChI=1S/C41H46O/c1-3-4-5-6-7-8-9-10-33-42-41-31-29-40(30-32-41)28-27-39-25-23-38(24-26-39)22-21-37-19-17-36(18-20-37)16-15-35-13-11-34(2)12-14-35/h11-32H,3-10,33H2,1-2H3. The Morgan fingerprint density at radius 3 is 1.10 bits per heavy atom. The van der Waals surface area contributed by atoms with Gasteiger partial charge in [-0.1, -0.05) is 179 Å². The maximum atomic E-state index is 5.94. The van der Waals surface area contributed by atoms with Crippen molar-refractivity contribution in [3.05, 3.63) is 136 Å². The van der Waals surface area contributed by atoms with Gasteiger partial charge in [0.2, 0.25) is 0 Å². The van der Waals surface area contributed by atoms with Crippen LogP contribution < -0.4 is 4.74 Å². The van der Waals surface area contributed by atoms with Crippen LogP contribution in [0.5, 0.6) is 5.75 Å². The predicted molar refractivity (Wildman–Crippen MR) is 185 cm³/mol. The zero-order valence-electron chi connectivity index (χ0n) is 25.5. The van der Waals surface area contributed by atoms with E-state index in [1.54, 1.807) is 0 Å².